The van der Waals surface area contributed by atoms with Gasteiger partial charge in [-0.25, -0.2) is 0 Å². The highest BCUT2D eigenvalue weighted by Crippen LogP contribution is 2.48. The molecule has 0 bridgehead atoms. The van der Waals surface area contributed by atoms with Crippen molar-refractivity contribution >= 4 is 67.7 Å². The van der Waals surface area contributed by atoms with E-state index in [1.807, 2.05) is 14.1 Å². The Morgan fingerprint density at radius 3 is 0.915 bits per heavy atom. The molecule has 0 aromatic heterocycles. The number of phosphoric ester groups is 2. The van der Waals surface area contributed by atoms with Gasteiger partial charge in [0.25, 0.3) is 0 Å². The summed E-state index contributed by atoms with van der Waals surface area (Å²) >= 11 is 0. The molecule has 0 radical (unpaired) electrons. The van der Waals surface area contributed by atoms with E-state index in [2.05, 4.69) is 33.0 Å². The third-order valence-electron chi connectivity index (χ3n) is 19.5. The van der Waals surface area contributed by atoms with Crippen molar-refractivity contribution < 1.29 is 90.2 Å². The van der Waals surface area contributed by atoms with Gasteiger partial charge >= 0.3 is 40.2 Å². The van der Waals surface area contributed by atoms with Crippen molar-refractivity contribution in [3.05, 3.63) is 0 Å². The zero-order valence-corrected chi connectivity index (χ0v) is 71.9. The van der Waals surface area contributed by atoms with Crippen molar-refractivity contribution in [3.8, 4) is 0 Å². The molecule has 628 valence electrons. The summed E-state index contributed by atoms with van der Waals surface area (Å²) in [5.74, 6) is -1.23. The SMILES string of the molecule is CCCCCCCCCCCCCCCC(=O)OCC(CO[P+]([O-])(O)OCC[N+](C)(C)CCSSCCC(=O)NC(CO)CO[P+]([O-])(O)OCC(COC(=O)CCCCCCCCCCCCCCC)OC(=O)CCCCCCCCCCCCCCC)OC(=O)CCCCCCCCCCCCCCC. The summed E-state index contributed by atoms with van der Waals surface area (Å²) in [4.78, 5) is 112. The number of aliphatic hydroxyl groups excluding tert-OH is 1. The molecule has 24 heteroatoms. The van der Waals surface area contributed by atoms with Gasteiger partial charge in [-0.2, -0.15) is 27.9 Å². The van der Waals surface area contributed by atoms with E-state index < -0.39 is 90.8 Å². The lowest BCUT2D eigenvalue weighted by molar-refractivity contribution is -0.887. The summed E-state index contributed by atoms with van der Waals surface area (Å²) < 4.78 is 43.9. The number of amides is 1. The van der Waals surface area contributed by atoms with Crippen LogP contribution in [0, 0.1) is 0 Å². The maximum absolute atomic E-state index is 13.2. The van der Waals surface area contributed by atoms with Gasteiger partial charge in [-0.05, 0) is 25.7 Å². The zero-order chi connectivity index (χ0) is 78.0. The Labute approximate surface area is 656 Å². The van der Waals surface area contributed by atoms with Crippen LogP contribution < -0.4 is 15.1 Å². The second-order valence-electron chi connectivity index (χ2n) is 30.4. The number of carbonyl (C=O) groups is 5. The Kier molecular flexibility index (Phi) is 75.1. The molecule has 0 saturated heterocycles. The topological polar surface area (TPSA) is 278 Å². The van der Waals surface area contributed by atoms with Gasteiger partial charge in [0.15, 0.2) is 12.2 Å². The molecule has 0 saturated carbocycles. The third kappa shape index (κ3) is 75.2. The van der Waals surface area contributed by atoms with E-state index in [0.717, 1.165) is 77.0 Å². The Bertz CT molecular complexity index is 2010. The van der Waals surface area contributed by atoms with E-state index in [4.69, 9.17) is 37.0 Å². The van der Waals surface area contributed by atoms with Crippen LogP contribution in [0.2, 0.25) is 0 Å². The highest BCUT2D eigenvalue weighted by Gasteiger charge is 2.34. The van der Waals surface area contributed by atoms with Crippen LogP contribution in [-0.2, 0) is 61.0 Å². The number of hydrogen-bond acceptors (Lipinski definition) is 20. The van der Waals surface area contributed by atoms with E-state index in [9.17, 15) is 48.7 Å². The van der Waals surface area contributed by atoms with Crippen molar-refractivity contribution in [2.24, 2.45) is 0 Å². The largest absolute Gasteiger partial charge is 0.606 e. The molecule has 1 amide bonds. The molecule has 0 rings (SSSR count). The first kappa shape index (κ1) is 105. The van der Waals surface area contributed by atoms with Crippen molar-refractivity contribution in [2.75, 3.05) is 84.9 Å². The number of nitrogens with zero attached hydrogens (tertiary/aromatic N) is 1. The number of ether oxygens (including phenoxy) is 4. The van der Waals surface area contributed by atoms with Crippen LogP contribution in [-0.4, -0.2) is 152 Å². The van der Waals surface area contributed by atoms with Crippen LogP contribution >= 0.6 is 37.9 Å². The number of phosphoric acid groups is 2. The van der Waals surface area contributed by atoms with Crippen LogP contribution in [0.3, 0.4) is 0 Å². The molecule has 5 unspecified atom stereocenters. The second kappa shape index (κ2) is 76.2. The third-order valence-corrected chi connectivity index (χ3v) is 23.8. The molecule has 5 atom stereocenters. The Balaban J connectivity index is 5.06. The molecular formula is C82H161N2O18P2S2+. The van der Waals surface area contributed by atoms with Gasteiger partial charge in [0, 0.05) is 37.9 Å². The molecule has 0 aliphatic rings. The van der Waals surface area contributed by atoms with Gasteiger partial charge in [0.1, 0.15) is 46.2 Å². The quantitative estimate of drug-likeness (QED) is 0.0110. The Morgan fingerprint density at radius 2 is 0.613 bits per heavy atom. The van der Waals surface area contributed by atoms with E-state index in [1.165, 1.54) is 253 Å². The van der Waals surface area contributed by atoms with Crippen molar-refractivity contribution in [1.82, 2.24) is 5.32 Å². The van der Waals surface area contributed by atoms with Gasteiger partial charge in [0.2, 0.25) is 5.91 Å². The van der Waals surface area contributed by atoms with E-state index in [-0.39, 0.29) is 51.9 Å². The van der Waals surface area contributed by atoms with E-state index in [0.29, 0.717) is 54.8 Å². The monoisotopic (exact) mass is 1590 g/mol. The minimum Gasteiger partial charge on any atom is -0.606 e. The highest BCUT2D eigenvalue weighted by molar-refractivity contribution is 8.76. The standard InChI is InChI=1S/C82H160N2O18P2S2/c1-7-11-15-19-23-27-31-35-39-43-47-51-55-59-79(87)95-71-76(101-81(89)61-57-53-49-45-41-37-33-29-25-21-17-13-9-3)73-99-103(91,92)97-66-64-84(5,6)65-68-106-105-67-63-78(86)83-75(69-85)70-98-104(93,94)100-74-77(102-82(90)62-58-54-50-46-42-38-34-30-26-22-18-14-10-4)72-96-80(88)60-56-52-48-44-40-36-32-28-24-20-16-12-8-2/h75-77,85H,7-74H2,1-6H3,(H2-,83,86,91,92,93,94)/p+1. The molecule has 0 aromatic rings. The summed E-state index contributed by atoms with van der Waals surface area (Å²) in [6.07, 6.45) is 59.7. The fourth-order valence-electron chi connectivity index (χ4n) is 12.5. The summed E-state index contributed by atoms with van der Waals surface area (Å²) in [7, 11) is -2.52. The number of unbranched alkanes of at least 4 members (excludes halogenated alkanes) is 48. The predicted molar refractivity (Wildman–Crippen MR) is 435 cm³/mol. The minimum atomic E-state index is -4.81. The zero-order valence-electron chi connectivity index (χ0n) is 68.4. The molecule has 0 aromatic carbocycles. The summed E-state index contributed by atoms with van der Waals surface area (Å²) in [5, 5.41) is 12.7. The summed E-state index contributed by atoms with van der Waals surface area (Å²) in [6.45, 7) is 6.92. The van der Waals surface area contributed by atoms with Gasteiger partial charge in [-0.1, -0.05) is 357 Å². The van der Waals surface area contributed by atoms with Gasteiger partial charge in [-0.15, -0.1) is 0 Å². The maximum atomic E-state index is 13.2. The van der Waals surface area contributed by atoms with Crippen LogP contribution in [0.4, 0.5) is 0 Å². The molecule has 0 fully saturated rings. The molecular weight excluding hydrogens is 1430 g/mol. The molecule has 4 N–H and O–H groups in total. The first-order valence-corrected chi connectivity index (χ1v) is 48.7. The number of carbonyl (C=O) groups excluding carboxylic acids is 5. The number of hydrogen-bond donors (Lipinski definition) is 4. The van der Waals surface area contributed by atoms with Crippen molar-refractivity contribution in [2.45, 2.75) is 412 Å². The number of likely N-dealkylation sites (N-methyl/N-ethyl adjacent to an activating group) is 1. The van der Waals surface area contributed by atoms with Crippen LogP contribution in [0.5, 0.6) is 0 Å². The second-order valence-corrected chi connectivity index (χ2v) is 36.1. The lowest BCUT2D eigenvalue weighted by atomic mass is 10.0. The highest BCUT2D eigenvalue weighted by atomic mass is 33.1. The molecule has 0 heterocycles. The number of rotatable bonds is 84. The molecule has 20 nitrogen and oxygen atoms in total. The number of esters is 4. The van der Waals surface area contributed by atoms with Crippen LogP contribution in [0.15, 0.2) is 0 Å². The average molecular weight is 1590 g/mol. The van der Waals surface area contributed by atoms with E-state index >= 15 is 0 Å². The fraction of sp³-hybridized carbons (Fsp3) is 0.939. The summed E-state index contributed by atoms with van der Waals surface area (Å²) in [6, 6.07) is -1.04. The van der Waals surface area contributed by atoms with Crippen LogP contribution in [0.25, 0.3) is 0 Å². The van der Waals surface area contributed by atoms with Gasteiger partial charge in [-0.3, -0.25) is 24.0 Å². The number of aliphatic hydroxyl groups is 1. The Morgan fingerprint density at radius 1 is 0.349 bits per heavy atom. The van der Waals surface area contributed by atoms with Crippen molar-refractivity contribution in [3.63, 3.8) is 0 Å². The summed E-state index contributed by atoms with van der Waals surface area (Å²) in [5.41, 5.74) is 0. The normalized spacial score (nSPS) is 13.8. The van der Waals surface area contributed by atoms with Gasteiger partial charge in [0.05, 0.1) is 39.0 Å². The molecule has 0 spiro atoms. The minimum absolute atomic E-state index is 0.0746. The van der Waals surface area contributed by atoms with E-state index in [1.54, 1.807) is 0 Å². The average Bonchev–Trinajstić information content (AvgIpc) is 0.905. The fourth-order valence-corrected chi connectivity index (χ4v) is 16.3. The maximum Gasteiger partial charge on any atom is 0.377 e. The number of quaternary nitrogens is 1. The lowest BCUT2D eigenvalue weighted by Gasteiger charge is -2.30. The number of nitrogens with one attached hydrogen (secondary N) is 1. The molecule has 0 aliphatic heterocycles. The van der Waals surface area contributed by atoms with Crippen molar-refractivity contribution in [1.29, 1.82) is 0 Å². The Hall–Kier alpha value is -1.49. The van der Waals surface area contributed by atoms with Crippen LogP contribution in [0.1, 0.15) is 394 Å². The molecule has 0 aliphatic carbocycles. The first-order chi connectivity index (χ1) is 51.3. The lowest BCUT2D eigenvalue weighted by Crippen LogP contribution is -2.44. The first-order valence-electron chi connectivity index (χ1n) is 43.2. The van der Waals surface area contributed by atoms with Gasteiger partial charge < -0.3 is 43.6 Å². The smallest absolute Gasteiger partial charge is 0.377 e. The predicted octanol–water partition coefficient (Wildman–Crippen LogP) is 20.3. The molecule has 106 heavy (non-hydrogen) atoms.